The highest BCUT2D eigenvalue weighted by Crippen LogP contribution is 2.41. The Kier molecular flexibility index (Phi) is 8.53. The summed E-state index contributed by atoms with van der Waals surface area (Å²) in [4.78, 5) is 30.6. The van der Waals surface area contributed by atoms with E-state index in [2.05, 4.69) is 6.07 Å². The zero-order valence-electron chi connectivity index (χ0n) is 21.8. The number of benzene rings is 1. The summed E-state index contributed by atoms with van der Waals surface area (Å²) >= 11 is 0. The average molecular weight is 498 g/mol. The number of para-hydroxylation sites is 1. The third-order valence-corrected chi connectivity index (χ3v) is 8.15. The van der Waals surface area contributed by atoms with E-state index in [4.69, 9.17) is 14.2 Å². The molecular weight excluding hydrogens is 458 g/mol. The van der Waals surface area contributed by atoms with Gasteiger partial charge in [0.2, 0.25) is 5.91 Å². The van der Waals surface area contributed by atoms with E-state index in [-0.39, 0.29) is 35.5 Å². The van der Waals surface area contributed by atoms with Gasteiger partial charge in [-0.15, -0.1) is 0 Å². The Hall–Kier alpha value is -2.63. The molecular formula is C28H39N3O5. The predicted molar refractivity (Wildman–Crippen MR) is 135 cm³/mol. The summed E-state index contributed by atoms with van der Waals surface area (Å²) in [6, 6.07) is 7.30. The van der Waals surface area contributed by atoms with Crippen LogP contribution in [0.3, 0.4) is 0 Å². The van der Waals surface area contributed by atoms with Gasteiger partial charge >= 0.3 is 0 Å². The van der Waals surface area contributed by atoms with Gasteiger partial charge in [0.15, 0.2) is 0 Å². The summed E-state index contributed by atoms with van der Waals surface area (Å²) in [5, 5.41) is 9.70. The molecule has 1 aromatic carbocycles. The lowest BCUT2D eigenvalue weighted by molar-refractivity contribution is -0.152. The van der Waals surface area contributed by atoms with E-state index in [1.54, 1.807) is 42.2 Å². The average Bonchev–Trinajstić information content (AvgIpc) is 2.88. The number of fused-ring (bicyclic) bond motifs is 3. The molecule has 1 spiro atoms. The van der Waals surface area contributed by atoms with Crippen molar-refractivity contribution in [3.05, 3.63) is 29.3 Å². The van der Waals surface area contributed by atoms with E-state index >= 15 is 0 Å². The Labute approximate surface area is 214 Å². The van der Waals surface area contributed by atoms with Gasteiger partial charge in [-0.2, -0.15) is 5.26 Å². The first kappa shape index (κ1) is 26.4. The van der Waals surface area contributed by atoms with E-state index in [1.807, 2.05) is 7.05 Å². The van der Waals surface area contributed by atoms with Crippen LogP contribution in [0.5, 0.6) is 5.75 Å². The molecule has 0 N–H and O–H groups in total. The molecule has 0 radical (unpaired) electrons. The van der Waals surface area contributed by atoms with Gasteiger partial charge in [-0.25, -0.2) is 0 Å². The van der Waals surface area contributed by atoms with Crippen molar-refractivity contribution in [3.8, 4) is 11.8 Å². The Balaban J connectivity index is 1.68. The minimum Gasteiger partial charge on any atom is -0.491 e. The lowest BCUT2D eigenvalue weighted by Gasteiger charge is -2.42. The van der Waals surface area contributed by atoms with Crippen LogP contribution < -0.4 is 4.74 Å². The maximum Gasteiger partial charge on any atom is 0.257 e. The van der Waals surface area contributed by atoms with E-state index in [9.17, 15) is 14.9 Å². The number of nitriles is 1. The second-order valence-corrected chi connectivity index (χ2v) is 10.8. The van der Waals surface area contributed by atoms with Gasteiger partial charge < -0.3 is 24.0 Å². The summed E-state index contributed by atoms with van der Waals surface area (Å²) in [7, 11) is 5.34. The van der Waals surface area contributed by atoms with Crippen LogP contribution in [0.2, 0.25) is 0 Å². The molecule has 8 nitrogen and oxygen atoms in total. The molecule has 3 aliphatic rings. The zero-order valence-corrected chi connectivity index (χ0v) is 21.8. The molecule has 196 valence electrons. The van der Waals surface area contributed by atoms with E-state index in [0.717, 1.165) is 44.9 Å². The third-order valence-electron chi connectivity index (χ3n) is 8.15. The largest absolute Gasteiger partial charge is 0.491 e. The summed E-state index contributed by atoms with van der Waals surface area (Å²) in [6.45, 7) is 1.29. The van der Waals surface area contributed by atoms with Crippen LogP contribution in [-0.4, -0.2) is 80.8 Å². The summed E-state index contributed by atoms with van der Waals surface area (Å²) < 4.78 is 18.2. The van der Waals surface area contributed by atoms with Gasteiger partial charge in [0.1, 0.15) is 17.9 Å². The number of ether oxygens (including phenoxy) is 3. The molecule has 2 amide bonds. The Morgan fingerprint density at radius 1 is 1.08 bits per heavy atom. The molecule has 3 atom stereocenters. The van der Waals surface area contributed by atoms with E-state index < -0.39 is 0 Å². The zero-order chi connectivity index (χ0) is 25.7. The van der Waals surface area contributed by atoms with Crippen molar-refractivity contribution in [3.63, 3.8) is 0 Å². The van der Waals surface area contributed by atoms with Gasteiger partial charge in [-0.1, -0.05) is 25.3 Å². The number of rotatable bonds is 1. The quantitative estimate of drug-likeness (QED) is 0.587. The van der Waals surface area contributed by atoms with Crippen molar-refractivity contribution in [2.45, 2.75) is 76.1 Å². The van der Waals surface area contributed by atoms with Crippen LogP contribution in [0.4, 0.5) is 0 Å². The number of methoxy groups -OCH3 is 1. The van der Waals surface area contributed by atoms with Crippen LogP contribution in [0.1, 0.15) is 73.7 Å². The fourth-order valence-electron chi connectivity index (χ4n) is 6.12. The SMILES string of the molecule is CO[C@H]1CC[C@@H]2CCOc3c(C#N)cccc3C(=O)N(C)CC3(CCCCC3)CC(=O)N(C)C[C@@H]1O2. The first-order valence-corrected chi connectivity index (χ1v) is 13.2. The molecule has 1 saturated carbocycles. The fraction of sp³-hybridized carbons (Fsp3) is 0.679. The van der Waals surface area contributed by atoms with Gasteiger partial charge in [0, 0.05) is 47.1 Å². The first-order chi connectivity index (χ1) is 17.4. The van der Waals surface area contributed by atoms with Crippen molar-refractivity contribution in [1.29, 1.82) is 5.26 Å². The second-order valence-electron chi connectivity index (χ2n) is 10.8. The maximum absolute atomic E-state index is 13.6. The fourth-order valence-corrected chi connectivity index (χ4v) is 6.12. The number of nitrogens with zero attached hydrogens (tertiary/aromatic N) is 3. The van der Waals surface area contributed by atoms with Crippen molar-refractivity contribution in [1.82, 2.24) is 9.80 Å². The third kappa shape index (κ3) is 5.84. The molecule has 2 bridgehead atoms. The van der Waals surface area contributed by atoms with Crippen LogP contribution in [0.25, 0.3) is 0 Å². The number of likely N-dealkylation sites (N-methyl/N-ethyl adjacent to an activating group) is 1. The van der Waals surface area contributed by atoms with E-state index in [1.165, 1.54) is 0 Å². The number of carbonyl (C=O) groups excluding carboxylic acids is 2. The van der Waals surface area contributed by atoms with Crippen LogP contribution in [0, 0.1) is 16.7 Å². The molecule has 2 heterocycles. The van der Waals surface area contributed by atoms with Crippen molar-refractivity contribution < 1.29 is 23.8 Å². The summed E-state index contributed by atoms with van der Waals surface area (Å²) in [6.07, 6.45) is 7.47. The lowest BCUT2D eigenvalue weighted by atomic mass is 9.71. The molecule has 1 aliphatic carbocycles. The van der Waals surface area contributed by atoms with Gasteiger partial charge in [0.05, 0.1) is 29.9 Å². The van der Waals surface area contributed by atoms with Crippen LogP contribution >= 0.6 is 0 Å². The monoisotopic (exact) mass is 497 g/mol. The highest BCUT2D eigenvalue weighted by molar-refractivity contribution is 5.97. The van der Waals surface area contributed by atoms with Crippen LogP contribution in [-0.2, 0) is 14.3 Å². The molecule has 2 aliphatic heterocycles. The normalized spacial score (nSPS) is 27.8. The molecule has 0 unspecified atom stereocenters. The van der Waals surface area contributed by atoms with Crippen molar-refractivity contribution in [2.24, 2.45) is 5.41 Å². The van der Waals surface area contributed by atoms with Gasteiger partial charge in [-0.05, 0) is 43.2 Å². The lowest BCUT2D eigenvalue weighted by Crippen LogP contribution is -2.49. The van der Waals surface area contributed by atoms with Gasteiger partial charge in [0.25, 0.3) is 5.91 Å². The second kappa shape index (κ2) is 11.6. The number of amides is 2. The number of hydrogen-bond acceptors (Lipinski definition) is 6. The number of carbonyl (C=O) groups is 2. The maximum atomic E-state index is 13.6. The molecule has 8 heteroatoms. The molecule has 2 fully saturated rings. The summed E-state index contributed by atoms with van der Waals surface area (Å²) in [5.74, 6) is 0.234. The van der Waals surface area contributed by atoms with Gasteiger partial charge in [-0.3, -0.25) is 9.59 Å². The first-order valence-electron chi connectivity index (χ1n) is 13.2. The standard InChI is InChI=1S/C28H39N3O5/c1-30-18-24-23(34-3)11-10-21(36-24)12-15-35-26-20(17-29)8-7-9-22(26)27(33)31(2)19-28(16-25(30)32)13-5-4-6-14-28/h7-9,21,23-24H,4-6,10-16,18-19H2,1-3H3/t21-,23+,24+/m1/s1. The minimum absolute atomic E-state index is 0.0430. The molecule has 1 aromatic rings. The molecule has 0 aromatic heterocycles. The Morgan fingerprint density at radius 3 is 2.58 bits per heavy atom. The smallest absolute Gasteiger partial charge is 0.257 e. The van der Waals surface area contributed by atoms with E-state index in [0.29, 0.717) is 49.4 Å². The number of hydrogen-bond donors (Lipinski definition) is 0. The van der Waals surface area contributed by atoms with Crippen molar-refractivity contribution >= 4 is 11.8 Å². The molecule has 4 rings (SSSR count). The minimum atomic E-state index is -0.268. The highest BCUT2D eigenvalue weighted by Gasteiger charge is 2.39. The van der Waals surface area contributed by atoms with Crippen LogP contribution in [0.15, 0.2) is 18.2 Å². The Bertz CT molecular complexity index is 984. The molecule has 36 heavy (non-hydrogen) atoms. The predicted octanol–water partition coefficient (Wildman–Crippen LogP) is 3.77. The topological polar surface area (TPSA) is 92.1 Å². The molecule has 1 saturated heterocycles. The Morgan fingerprint density at radius 2 is 1.86 bits per heavy atom. The van der Waals surface area contributed by atoms with Crippen molar-refractivity contribution in [2.75, 3.05) is 40.9 Å². The summed E-state index contributed by atoms with van der Waals surface area (Å²) in [5.41, 5.74) is 0.469. The highest BCUT2D eigenvalue weighted by atomic mass is 16.5.